The van der Waals surface area contributed by atoms with Crippen molar-refractivity contribution in [2.24, 2.45) is 0 Å². The summed E-state index contributed by atoms with van der Waals surface area (Å²) in [6.07, 6.45) is 5.02. The van der Waals surface area contributed by atoms with Gasteiger partial charge in [0.25, 0.3) is 5.91 Å². The number of aromatic nitrogens is 2. The molecule has 1 amide bonds. The molecule has 19 heavy (non-hydrogen) atoms. The summed E-state index contributed by atoms with van der Waals surface area (Å²) in [4.78, 5) is 23.2. The molecule has 5 heteroatoms. The Balaban J connectivity index is 1.80. The fraction of sp³-hybridized carbons (Fsp3) is 0.643. The normalized spacial score (nSPS) is 23.0. The van der Waals surface area contributed by atoms with Crippen LogP contribution >= 0.6 is 0 Å². The summed E-state index contributed by atoms with van der Waals surface area (Å²) in [6.45, 7) is 5.62. The van der Waals surface area contributed by atoms with Crippen LogP contribution in [-0.4, -0.2) is 47.0 Å². The number of likely N-dealkylation sites (tertiary alicyclic amines) is 1. The molecule has 1 aromatic rings. The van der Waals surface area contributed by atoms with Crippen LogP contribution in [0.2, 0.25) is 0 Å². The topological polar surface area (TPSA) is 58.1 Å². The van der Waals surface area contributed by atoms with Crippen molar-refractivity contribution in [3.63, 3.8) is 0 Å². The molecule has 102 valence electrons. The minimum absolute atomic E-state index is 0.0890. The summed E-state index contributed by atoms with van der Waals surface area (Å²) >= 11 is 0. The van der Waals surface area contributed by atoms with Crippen molar-refractivity contribution in [1.29, 1.82) is 0 Å². The van der Waals surface area contributed by atoms with Gasteiger partial charge in [0.1, 0.15) is 5.82 Å². The lowest BCUT2D eigenvalue weighted by Crippen LogP contribution is -2.29. The van der Waals surface area contributed by atoms with Gasteiger partial charge < -0.3 is 10.2 Å². The zero-order valence-electron chi connectivity index (χ0n) is 11.4. The Bertz CT molecular complexity index is 476. The summed E-state index contributed by atoms with van der Waals surface area (Å²) in [5.41, 5.74) is 1.48. The van der Waals surface area contributed by atoms with Crippen molar-refractivity contribution < 1.29 is 4.79 Å². The van der Waals surface area contributed by atoms with E-state index in [-0.39, 0.29) is 5.91 Å². The predicted molar refractivity (Wildman–Crippen MR) is 72.1 cm³/mol. The second-order valence-electron chi connectivity index (χ2n) is 5.42. The molecule has 5 nitrogen and oxygen atoms in total. The second kappa shape index (κ2) is 5.25. The van der Waals surface area contributed by atoms with Gasteiger partial charge in [-0.25, -0.2) is 9.97 Å². The molecule has 3 heterocycles. The molecule has 2 fully saturated rings. The zero-order valence-corrected chi connectivity index (χ0v) is 11.4. The smallest absolute Gasteiger partial charge is 0.257 e. The first-order chi connectivity index (χ1) is 9.25. The number of nitrogens with zero attached hydrogens (tertiary/aromatic N) is 3. The molecular formula is C14H20N4O. The van der Waals surface area contributed by atoms with Gasteiger partial charge in [0.05, 0.1) is 11.3 Å². The fourth-order valence-electron chi connectivity index (χ4n) is 2.86. The minimum atomic E-state index is 0.0890. The number of hydrogen-bond donors (Lipinski definition) is 1. The molecule has 1 N–H and O–H groups in total. The molecule has 2 aliphatic heterocycles. The van der Waals surface area contributed by atoms with Crippen LogP contribution in [0.25, 0.3) is 0 Å². The SMILES string of the molecule is Cc1nc(C2CCNC2)ncc1C(=O)N1CCCC1. The Morgan fingerprint density at radius 1 is 1.42 bits per heavy atom. The molecule has 1 atom stereocenters. The predicted octanol–water partition coefficient (Wildman–Crippen LogP) is 1.10. The molecule has 1 unspecified atom stereocenters. The van der Waals surface area contributed by atoms with E-state index < -0.39 is 0 Å². The first-order valence-electron chi connectivity index (χ1n) is 7.09. The lowest BCUT2D eigenvalue weighted by atomic mass is 10.1. The van der Waals surface area contributed by atoms with Gasteiger partial charge in [-0.05, 0) is 32.7 Å². The van der Waals surface area contributed by atoms with Gasteiger partial charge in [-0.1, -0.05) is 0 Å². The van der Waals surface area contributed by atoms with E-state index >= 15 is 0 Å². The summed E-state index contributed by atoms with van der Waals surface area (Å²) in [7, 11) is 0. The van der Waals surface area contributed by atoms with E-state index in [1.165, 1.54) is 0 Å². The fourth-order valence-corrected chi connectivity index (χ4v) is 2.86. The summed E-state index contributed by atoms with van der Waals surface area (Å²) in [5.74, 6) is 1.36. The Kier molecular flexibility index (Phi) is 3.46. The van der Waals surface area contributed by atoms with Gasteiger partial charge in [-0.3, -0.25) is 4.79 Å². The number of aryl methyl sites for hydroxylation is 1. The number of nitrogens with one attached hydrogen (secondary N) is 1. The van der Waals surface area contributed by atoms with Crippen LogP contribution in [-0.2, 0) is 0 Å². The van der Waals surface area contributed by atoms with Crippen LogP contribution in [0.15, 0.2) is 6.20 Å². The summed E-state index contributed by atoms with van der Waals surface area (Å²) in [5, 5.41) is 3.32. The van der Waals surface area contributed by atoms with Gasteiger partial charge in [0.2, 0.25) is 0 Å². The maximum Gasteiger partial charge on any atom is 0.257 e. The maximum atomic E-state index is 12.3. The van der Waals surface area contributed by atoms with E-state index in [0.717, 1.165) is 57.0 Å². The van der Waals surface area contributed by atoms with Crippen molar-refractivity contribution in [2.75, 3.05) is 26.2 Å². The number of amides is 1. The third-order valence-corrected chi connectivity index (χ3v) is 4.05. The quantitative estimate of drug-likeness (QED) is 0.865. The van der Waals surface area contributed by atoms with Crippen LogP contribution in [0.5, 0.6) is 0 Å². The van der Waals surface area contributed by atoms with E-state index in [1.54, 1.807) is 6.20 Å². The molecule has 0 radical (unpaired) electrons. The molecule has 1 aromatic heterocycles. The Labute approximate surface area is 113 Å². The average molecular weight is 260 g/mol. The van der Waals surface area contributed by atoms with E-state index in [4.69, 9.17) is 0 Å². The van der Waals surface area contributed by atoms with Gasteiger partial charge >= 0.3 is 0 Å². The van der Waals surface area contributed by atoms with E-state index in [2.05, 4.69) is 15.3 Å². The highest BCUT2D eigenvalue weighted by atomic mass is 16.2. The molecule has 2 aliphatic rings. The molecule has 0 aliphatic carbocycles. The second-order valence-corrected chi connectivity index (χ2v) is 5.42. The van der Waals surface area contributed by atoms with Crippen LogP contribution in [0.1, 0.15) is 47.1 Å². The van der Waals surface area contributed by atoms with Crippen molar-refractivity contribution in [2.45, 2.75) is 32.1 Å². The third-order valence-electron chi connectivity index (χ3n) is 4.05. The number of rotatable bonds is 2. The zero-order chi connectivity index (χ0) is 13.2. The molecular weight excluding hydrogens is 240 g/mol. The molecule has 3 rings (SSSR count). The largest absolute Gasteiger partial charge is 0.339 e. The van der Waals surface area contributed by atoms with Gasteiger partial charge in [0.15, 0.2) is 0 Å². The van der Waals surface area contributed by atoms with E-state index in [1.807, 2.05) is 11.8 Å². The summed E-state index contributed by atoms with van der Waals surface area (Å²) < 4.78 is 0. The minimum Gasteiger partial charge on any atom is -0.339 e. The van der Waals surface area contributed by atoms with Crippen LogP contribution in [0.4, 0.5) is 0 Å². The molecule has 0 aromatic carbocycles. The highest BCUT2D eigenvalue weighted by Gasteiger charge is 2.24. The first kappa shape index (κ1) is 12.5. The van der Waals surface area contributed by atoms with Gasteiger partial charge in [-0.15, -0.1) is 0 Å². The third kappa shape index (κ3) is 2.47. The van der Waals surface area contributed by atoms with Crippen LogP contribution < -0.4 is 5.32 Å². The van der Waals surface area contributed by atoms with Crippen molar-refractivity contribution in [3.8, 4) is 0 Å². The first-order valence-corrected chi connectivity index (χ1v) is 7.09. The van der Waals surface area contributed by atoms with E-state index in [0.29, 0.717) is 11.5 Å². The molecule has 0 saturated carbocycles. The summed E-state index contributed by atoms with van der Waals surface area (Å²) in [6, 6.07) is 0. The highest BCUT2D eigenvalue weighted by Crippen LogP contribution is 2.20. The lowest BCUT2D eigenvalue weighted by molar-refractivity contribution is 0.0791. The highest BCUT2D eigenvalue weighted by molar-refractivity contribution is 5.95. The number of carbonyl (C=O) groups excluding carboxylic acids is 1. The standard InChI is InChI=1S/C14H20N4O/c1-10-12(14(19)18-6-2-3-7-18)9-16-13(17-10)11-4-5-15-8-11/h9,11,15H,2-8H2,1H3. The molecule has 2 saturated heterocycles. The van der Waals surface area contributed by atoms with E-state index in [9.17, 15) is 4.79 Å². The Morgan fingerprint density at radius 2 is 2.21 bits per heavy atom. The average Bonchev–Trinajstić information content (AvgIpc) is 3.11. The monoisotopic (exact) mass is 260 g/mol. The Morgan fingerprint density at radius 3 is 2.84 bits per heavy atom. The molecule has 0 bridgehead atoms. The lowest BCUT2D eigenvalue weighted by Gasteiger charge is -2.17. The van der Waals surface area contributed by atoms with Crippen molar-refractivity contribution in [1.82, 2.24) is 20.2 Å². The van der Waals surface area contributed by atoms with Crippen molar-refractivity contribution in [3.05, 3.63) is 23.3 Å². The van der Waals surface area contributed by atoms with Crippen molar-refractivity contribution >= 4 is 5.91 Å². The number of carbonyl (C=O) groups is 1. The van der Waals surface area contributed by atoms with Gasteiger partial charge in [0, 0.05) is 31.7 Å². The van der Waals surface area contributed by atoms with Crippen LogP contribution in [0, 0.1) is 6.92 Å². The Hall–Kier alpha value is -1.49. The van der Waals surface area contributed by atoms with Crippen LogP contribution in [0.3, 0.4) is 0 Å². The van der Waals surface area contributed by atoms with Gasteiger partial charge in [-0.2, -0.15) is 0 Å². The maximum absolute atomic E-state index is 12.3. The number of hydrogen-bond acceptors (Lipinski definition) is 4. The molecule has 0 spiro atoms.